The van der Waals surface area contributed by atoms with E-state index in [1.807, 2.05) is 0 Å². The lowest BCUT2D eigenvalue weighted by Crippen LogP contribution is -2.45. The molecule has 4 rings (SSSR count). The highest BCUT2D eigenvalue weighted by molar-refractivity contribution is 6.30. The van der Waals surface area contributed by atoms with Crippen LogP contribution in [0.25, 0.3) is 0 Å². The quantitative estimate of drug-likeness (QED) is 0.609. The second kappa shape index (κ2) is 6.35. The molecule has 1 aromatic rings. The fraction of sp³-hybridized carbons (Fsp3) is 0.522. The summed E-state index contributed by atoms with van der Waals surface area (Å²) in [6.07, 6.45) is 2.24. The molecule has 2 aliphatic carbocycles. The number of fused-ring (bicyclic) bond motifs is 1. The molecule has 2 atom stereocenters. The molecule has 28 heavy (non-hydrogen) atoms. The van der Waals surface area contributed by atoms with Crippen LogP contribution in [0.1, 0.15) is 64.9 Å². The van der Waals surface area contributed by atoms with Gasteiger partial charge in [-0.15, -0.1) is 0 Å². The van der Waals surface area contributed by atoms with Crippen LogP contribution in [0, 0.1) is 22.6 Å². The summed E-state index contributed by atoms with van der Waals surface area (Å²) >= 11 is 5.88. The van der Waals surface area contributed by atoms with E-state index in [4.69, 9.17) is 16.6 Å². The first-order valence-corrected chi connectivity index (χ1v) is 10.2. The smallest absolute Gasteiger partial charge is 0.161 e. The summed E-state index contributed by atoms with van der Waals surface area (Å²) in [5, 5.41) is 0.0369. The molecule has 0 bridgehead atoms. The minimum Gasteiger partial charge on any atom is -0.299 e. The number of hydrogen-bond donors (Lipinski definition) is 0. The predicted octanol–water partition coefficient (Wildman–Crippen LogP) is 5.67. The second-order valence-corrected chi connectivity index (χ2v) is 10.4. The molecule has 0 amide bonds. The minimum absolute atomic E-state index is 0.0204. The fourth-order valence-electron chi connectivity index (χ4n) is 5.08. The van der Waals surface area contributed by atoms with Gasteiger partial charge >= 0.3 is 0 Å². The summed E-state index contributed by atoms with van der Waals surface area (Å²) < 4.78 is 14.3. The number of aliphatic imine (C=N–C) groups is 1. The Morgan fingerprint density at radius 2 is 1.68 bits per heavy atom. The lowest BCUT2D eigenvalue weighted by Gasteiger charge is -2.44. The zero-order valence-electron chi connectivity index (χ0n) is 16.7. The molecule has 0 aromatic heterocycles. The normalized spacial score (nSPS) is 28.6. The van der Waals surface area contributed by atoms with Crippen LogP contribution in [0.2, 0.25) is 5.02 Å². The molecule has 148 valence electrons. The number of allylic oxidation sites excluding steroid dienone is 2. The summed E-state index contributed by atoms with van der Waals surface area (Å²) in [7, 11) is 0. The highest BCUT2D eigenvalue weighted by Crippen LogP contribution is 2.51. The summed E-state index contributed by atoms with van der Waals surface area (Å²) in [4.78, 5) is 31.2. The van der Waals surface area contributed by atoms with Crippen molar-refractivity contribution in [3.63, 3.8) is 0 Å². The minimum atomic E-state index is -0.530. The van der Waals surface area contributed by atoms with E-state index < -0.39 is 17.7 Å². The number of ketones is 2. The van der Waals surface area contributed by atoms with E-state index in [2.05, 4.69) is 27.7 Å². The van der Waals surface area contributed by atoms with Crippen LogP contribution in [-0.4, -0.2) is 17.3 Å². The van der Waals surface area contributed by atoms with Gasteiger partial charge in [-0.3, -0.25) is 14.6 Å². The Hall–Kier alpha value is -1.81. The van der Waals surface area contributed by atoms with Gasteiger partial charge in [0.1, 0.15) is 11.6 Å². The van der Waals surface area contributed by atoms with Crippen LogP contribution >= 0.6 is 11.6 Å². The summed E-state index contributed by atoms with van der Waals surface area (Å²) in [6, 6.07) is 4.62. The maximum Gasteiger partial charge on any atom is 0.161 e. The van der Waals surface area contributed by atoms with E-state index in [-0.39, 0.29) is 27.4 Å². The zero-order chi connectivity index (χ0) is 20.4. The molecular formula is C23H25ClFNO2. The molecular weight excluding hydrogens is 377 g/mol. The number of Topliss-reactive ketones (excluding diaryl/α,β-unsaturated/α-hetero) is 2. The Bertz CT molecular complexity index is 957. The van der Waals surface area contributed by atoms with Gasteiger partial charge in [-0.05, 0) is 41.4 Å². The van der Waals surface area contributed by atoms with Gasteiger partial charge < -0.3 is 0 Å². The third kappa shape index (κ3) is 3.26. The van der Waals surface area contributed by atoms with Gasteiger partial charge in [0.15, 0.2) is 5.78 Å². The van der Waals surface area contributed by atoms with E-state index in [1.54, 1.807) is 6.07 Å². The van der Waals surface area contributed by atoms with Crippen LogP contribution in [-0.2, 0) is 9.59 Å². The lowest BCUT2D eigenvalue weighted by molar-refractivity contribution is -0.124. The van der Waals surface area contributed by atoms with E-state index >= 15 is 0 Å². The van der Waals surface area contributed by atoms with E-state index in [1.165, 1.54) is 12.1 Å². The number of benzene rings is 1. The van der Waals surface area contributed by atoms with Crippen LogP contribution in [0.15, 0.2) is 34.5 Å². The fourth-order valence-corrected chi connectivity index (χ4v) is 5.19. The molecule has 5 heteroatoms. The number of carbonyl (C=O) groups is 2. The van der Waals surface area contributed by atoms with Crippen LogP contribution < -0.4 is 0 Å². The van der Waals surface area contributed by atoms with Gasteiger partial charge in [0.2, 0.25) is 0 Å². The Morgan fingerprint density at radius 3 is 2.36 bits per heavy atom. The largest absolute Gasteiger partial charge is 0.299 e. The average Bonchev–Trinajstić information content (AvgIpc) is 2.53. The summed E-state index contributed by atoms with van der Waals surface area (Å²) in [5.74, 6) is -1.39. The third-order valence-corrected chi connectivity index (χ3v) is 6.45. The van der Waals surface area contributed by atoms with Gasteiger partial charge in [0.05, 0.1) is 10.9 Å². The van der Waals surface area contributed by atoms with Crippen molar-refractivity contribution < 1.29 is 14.0 Å². The number of halogens is 2. The summed E-state index contributed by atoms with van der Waals surface area (Å²) in [5.41, 5.74) is 2.52. The average molecular weight is 402 g/mol. The number of nitrogens with zero attached hydrogens (tertiary/aromatic N) is 1. The maximum atomic E-state index is 14.3. The first kappa shape index (κ1) is 19.5. The monoisotopic (exact) mass is 401 g/mol. The van der Waals surface area contributed by atoms with Crippen molar-refractivity contribution >= 4 is 28.9 Å². The van der Waals surface area contributed by atoms with Gasteiger partial charge in [0, 0.05) is 35.7 Å². The molecule has 0 radical (unpaired) electrons. The SMILES string of the molecule is CC1(C)CC(=O)C2C(=NC3=C(C(=O)CC(C)(C)C3)C2c2ccc(Cl)c(F)c2)C1. The van der Waals surface area contributed by atoms with Crippen LogP contribution in [0.4, 0.5) is 4.39 Å². The maximum absolute atomic E-state index is 14.3. The van der Waals surface area contributed by atoms with Crippen molar-refractivity contribution in [3.8, 4) is 0 Å². The molecule has 3 nitrogen and oxygen atoms in total. The van der Waals surface area contributed by atoms with E-state index in [0.717, 1.165) is 11.4 Å². The van der Waals surface area contributed by atoms with E-state index in [9.17, 15) is 14.0 Å². The Balaban J connectivity index is 1.92. The lowest BCUT2D eigenvalue weighted by atomic mass is 9.60. The molecule has 3 aliphatic rings. The summed E-state index contributed by atoms with van der Waals surface area (Å²) in [6.45, 7) is 8.27. The molecule has 0 saturated heterocycles. The van der Waals surface area contributed by atoms with Gasteiger partial charge in [-0.25, -0.2) is 4.39 Å². The Labute approximate surface area is 170 Å². The van der Waals surface area contributed by atoms with Crippen LogP contribution in [0.3, 0.4) is 0 Å². The standard InChI is InChI=1S/C23H25ClFNO2/c1-22(2)8-15-20(17(27)10-22)19(12-5-6-13(24)14(25)7-12)21-16(26-15)9-23(3,4)11-18(21)28/h5-7,19-20H,8-11H2,1-4H3. The first-order chi connectivity index (χ1) is 13.0. The van der Waals surface area contributed by atoms with Crippen molar-refractivity contribution in [1.82, 2.24) is 0 Å². The van der Waals surface area contributed by atoms with Crippen LogP contribution in [0.5, 0.6) is 0 Å². The Kier molecular flexibility index (Phi) is 4.42. The zero-order valence-corrected chi connectivity index (χ0v) is 17.5. The first-order valence-electron chi connectivity index (χ1n) is 9.79. The van der Waals surface area contributed by atoms with Crippen molar-refractivity contribution in [2.75, 3.05) is 0 Å². The molecule has 1 saturated carbocycles. The molecule has 0 spiro atoms. The second-order valence-electron chi connectivity index (χ2n) is 10.0. The number of rotatable bonds is 1. The molecule has 1 heterocycles. The van der Waals surface area contributed by atoms with Gasteiger partial charge in [-0.2, -0.15) is 0 Å². The topological polar surface area (TPSA) is 46.5 Å². The Morgan fingerprint density at radius 1 is 1.00 bits per heavy atom. The molecule has 2 unspecified atom stereocenters. The predicted molar refractivity (Wildman–Crippen MR) is 108 cm³/mol. The highest BCUT2D eigenvalue weighted by atomic mass is 35.5. The third-order valence-electron chi connectivity index (χ3n) is 6.14. The molecule has 0 N–H and O–H groups in total. The van der Waals surface area contributed by atoms with Crippen molar-refractivity contribution in [2.24, 2.45) is 21.7 Å². The van der Waals surface area contributed by atoms with Gasteiger partial charge in [-0.1, -0.05) is 45.4 Å². The molecule has 1 fully saturated rings. The number of hydrogen-bond acceptors (Lipinski definition) is 3. The molecule has 1 aliphatic heterocycles. The van der Waals surface area contributed by atoms with Gasteiger partial charge in [0.25, 0.3) is 0 Å². The highest BCUT2D eigenvalue weighted by Gasteiger charge is 2.49. The van der Waals surface area contributed by atoms with Crippen molar-refractivity contribution in [3.05, 3.63) is 45.9 Å². The van der Waals surface area contributed by atoms with Crippen molar-refractivity contribution in [1.29, 1.82) is 0 Å². The molecule has 1 aromatic carbocycles. The van der Waals surface area contributed by atoms with Crippen molar-refractivity contribution in [2.45, 2.75) is 59.3 Å². The van der Waals surface area contributed by atoms with E-state index in [0.29, 0.717) is 36.8 Å². The number of carbonyl (C=O) groups excluding carboxylic acids is 2.